The van der Waals surface area contributed by atoms with Crippen molar-refractivity contribution in [1.29, 1.82) is 0 Å². The molecule has 4 atom stereocenters. The molecular weight excluding hydrogens is 977 g/mol. The van der Waals surface area contributed by atoms with Crippen LogP contribution in [0.25, 0.3) is 22.3 Å². The first kappa shape index (κ1) is 52.7. The summed E-state index contributed by atoms with van der Waals surface area (Å²) < 4.78 is 24.1. The normalized spacial score (nSPS) is 17.1. The summed E-state index contributed by atoms with van der Waals surface area (Å²) in [5.74, 6) is -4.17. The van der Waals surface area contributed by atoms with Crippen molar-refractivity contribution in [3.8, 4) is 22.9 Å². The molecule has 4 aromatic rings. The number of aromatic nitrogens is 2. The van der Waals surface area contributed by atoms with Crippen LogP contribution in [-0.2, 0) is 74.9 Å². The van der Waals surface area contributed by atoms with E-state index in [9.17, 15) is 53.4 Å². The number of nitrogens with zero attached hydrogens (tertiary/aromatic N) is 3. The average molecular weight is 1030 g/mol. The van der Waals surface area contributed by atoms with E-state index in [1.165, 1.54) is 19.1 Å². The smallest absolute Gasteiger partial charge is 0.407 e. The molecule has 0 saturated carbocycles. The first-order valence-corrected chi connectivity index (χ1v) is 24.3. The highest BCUT2D eigenvalue weighted by Crippen LogP contribution is 2.44. The van der Waals surface area contributed by atoms with Crippen LogP contribution in [0.15, 0.2) is 71.7 Å². The van der Waals surface area contributed by atoms with Crippen LogP contribution in [0.4, 0.5) is 10.5 Å². The number of benzene rings is 2. The number of aliphatic hydroxyl groups is 1. The van der Waals surface area contributed by atoms with Crippen molar-refractivity contribution in [2.24, 2.45) is 5.92 Å². The minimum Gasteiger partial charge on any atom is -0.490 e. The number of anilines is 1. The fourth-order valence-corrected chi connectivity index (χ4v) is 9.19. The molecule has 7 N–H and O–H groups in total. The third-order valence-electron chi connectivity index (χ3n) is 13.3. The number of ether oxygens (including phenoxy) is 4. The number of aliphatic carboxylic acids is 1. The fourth-order valence-electron chi connectivity index (χ4n) is 9.19. The number of carbonyl (C=O) groups excluding carboxylic acids is 7. The summed E-state index contributed by atoms with van der Waals surface area (Å²) in [4.78, 5) is 121. The van der Waals surface area contributed by atoms with Gasteiger partial charge in [-0.2, -0.15) is 0 Å². The zero-order chi connectivity index (χ0) is 53.9. The van der Waals surface area contributed by atoms with Gasteiger partial charge in [-0.15, -0.1) is 0 Å². The van der Waals surface area contributed by atoms with Gasteiger partial charge in [0.1, 0.15) is 42.7 Å². The molecule has 23 heteroatoms. The lowest BCUT2D eigenvalue weighted by Gasteiger charge is -2.35. The number of alkyl carbamates (subject to hydrolysis) is 1. The lowest BCUT2D eigenvalue weighted by atomic mass is 9.84. The minimum atomic E-state index is -1.58. The van der Waals surface area contributed by atoms with Crippen molar-refractivity contribution in [2.45, 2.75) is 110 Å². The largest absolute Gasteiger partial charge is 0.490 e. The van der Waals surface area contributed by atoms with Gasteiger partial charge in [-0.1, -0.05) is 39.5 Å². The van der Waals surface area contributed by atoms with Crippen LogP contribution < -0.4 is 41.6 Å². The molecule has 2 aromatic carbocycles. The molecule has 394 valence electrons. The van der Waals surface area contributed by atoms with Gasteiger partial charge in [0.15, 0.2) is 11.5 Å². The van der Waals surface area contributed by atoms with Crippen molar-refractivity contribution in [2.75, 3.05) is 18.7 Å². The highest BCUT2D eigenvalue weighted by molar-refractivity contribution is 6.13. The molecule has 0 radical (unpaired) electrons. The standard InChI is InChI=1S/C52H56N8O15/c1-6-52(71)28(5)72-24-34-35(52)19-39-46-33(22-60(39)50(34)69)32(31-18-40-41(75-25-74-40)20-37(31)57-46)21-53-51(70)73-23-29-7-9-30(10-8-29)55-48(67)36(11-14-45(64)65)58-47(66)27(4)54-49(68)38(17-26(2)3)56-42(61)15-16-59-43(62)12-13-44(59)63/h7-10,12-13,18-20,26-27,36,38,71H,5-6,11,14-17,21-25H2,1-4H3,(H,53,70)(H,54,68)(H,55,67)(H,56,61)(H,58,66)(H,64,65)/t27-,36-,38+,52+/m0/s1. The molecule has 6 heterocycles. The summed E-state index contributed by atoms with van der Waals surface area (Å²) in [5, 5.41) is 34.7. The van der Waals surface area contributed by atoms with Crippen LogP contribution in [0.2, 0.25) is 0 Å². The van der Waals surface area contributed by atoms with Gasteiger partial charge in [-0.05, 0) is 67.5 Å². The number of carbonyl (C=O) groups is 8. The van der Waals surface area contributed by atoms with E-state index in [2.05, 4.69) is 33.2 Å². The molecule has 0 bridgehead atoms. The van der Waals surface area contributed by atoms with Crippen LogP contribution in [0.5, 0.6) is 11.5 Å². The van der Waals surface area contributed by atoms with E-state index in [-0.39, 0.29) is 88.2 Å². The number of carboxylic acid groups (broad SMARTS) is 1. The Morgan fingerprint density at radius 3 is 2.25 bits per heavy atom. The summed E-state index contributed by atoms with van der Waals surface area (Å²) in [7, 11) is 0. The summed E-state index contributed by atoms with van der Waals surface area (Å²) in [5.41, 5.74) is 2.39. The molecular formula is C52H56N8O15. The Bertz CT molecular complexity index is 3110. The van der Waals surface area contributed by atoms with E-state index in [1.807, 2.05) is 13.8 Å². The van der Waals surface area contributed by atoms with Gasteiger partial charge >= 0.3 is 12.1 Å². The van der Waals surface area contributed by atoms with Crippen molar-refractivity contribution < 1.29 is 67.5 Å². The molecule has 7 amide bonds. The van der Waals surface area contributed by atoms with E-state index in [0.717, 1.165) is 17.1 Å². The second kappa shape index (κ2) is 21.9. The first-order chi connectivity index (χ1) is 35.7. The maximum atomic E-state index is 14.0. The third-order valence-corrected chi connectivity index (χ3v) is 13.3. The summed E-state index contributed by atoms with van der Waals surface area (Å²) in [6.07, 6.45) is 0.763. The Kier molecular flexibility index (Phi) is 15.4. The molecule has 4 aliphatic rings. The maximum absolute atomic E-state index is 14.0. The van der Waals surface area contributed by atoms with E-state index in [1.54, 1.807) is 41.8 Å². The Morgan fingerprint density at radius 2 is 1.57 bits per heavy atom. The number of imide groups is 1. The molecule has 75 heavy (non-hydrogen) atoms. The van der Waals surface area contributed by atoms with E-state index < -0.39 is 77.7 Å². The quantitative estimate of drug-likeness (QED) is 0.0551. The van der Waals surface area contributed by atoms with Crippen LogP contribution in [0.1, 0.15) is 87.6 Å². The molecule has 2 aromatic heterocycles. The Hall–Kier alpha value is -8.60. The van der Waals surface area contributed by atoms with Crippen molar-refractivity contribution in [1.82, 2.24) is 35.7 Å². The second-order valence-corrected chi connectivity index (χ2v) is 18.9. The van der Waals surface area contributed by atoms with Gasteiger partial charge < -0.3 is 60.3 Å². The number of hydrogen-bond donors (Lipinski definition) is 7. The van der Waals surface area contributed by atoms with Gasteiger partial charge in [0, 0.05) is 66.4 Å². The van der Waals surface area contributed by atoms with Crippen molar-refractivity contribution >= 4 is 64.1 Å². The zero-order valence-electron chi connectivity index (χ0n) is 41.5. The SMILES string of the molecule is C=C1OCc2c(cc3n(c2=O)Cc2c-3nc3cc4c(cc3c2CNC(=O)OCc2ccc(NC(=O)[C@H](CCC(=O)O)NC(=O)[C@H](C)NC(=O)[C@@H](CC(C)C)NC(=O)CCN3C(=O)C=CC3=O)cc2)OCO4)[C@@]1(O)CC. The molecule has 0 spiro atoms. The molecule has 0 unspecified atom stereocenters. The lowest BCUT2D eigenvalue weighted by molar-refractivity contribution is -0.139. The molecule has 4 aliphatic heterocycles. The molecule has 8 rings (SSSR count). The number of pyridine rings is 2. The Balaban J connectivity index is 0.878. The van der Waals surface area contributed by atoms with Gasteiger partial charge in [0.2, 0.25) is 30.4 Å². The summed E-state index contributed by atoms with van der Waals surface area (Å²) >= 11 is 0. The predicted octanol–water partition coefficient (Wildman–Crippen LogP) is 2.86. The number of hydrogen-bond acceptors (Lipinski definition) is 15. The van der Waals surface area contributed by atoms with Crippen molar-refractivity contribution in [3.05, 3.63) is 105 Å². The number of carboxylic acids is 1. The minimum absolute atomic E-state index is 0.0154. The van der Waals surface area contributed by atoms with E-state index in [4.69, 9.17) is 23.9 Å². The number of fused-ring (bicyclic) bond motifs is 6. The maximum Gasteiger partial charge on any atom is 0.407 e. The average Bonchev–Trinajstić information content (AvgIpc) is 4.11. The molecule has 0 aliphatic carbocycles. The highest BCUT2D eigenvalue weighted by Gasteiger charge is 2.42. The monoisotopic (exact) mass is 1030 g/mol. The first-order valence-electron chi connectivity index (χ1n) is 24.3. The topological polar surface area (TPSA) is 312 Å². The molecule has 0 saturated heterocycles. The second-order valence-electron chi connectivity index (χ2n) is 18.9. The summed E-state index contributed by atoms with van der Waals surface area (Å²) in [6, 6.07) is 7.77. The van der Waals surface area contributed by atoms with E-state index >= 15 is 0 Å². The molecule has 0 fully saturated rings. The number of nitrogens with one attached hydrogen (secondary N) is 5. The van der Waals surface area contributed by atoms with Gasteiger partial charge in [-0.25, -0.2) is 9.78 Å². The predicted molar refractivity (Wildman–Crippen MR) is 265 cm³/mol. The zero-order valence-corrected chi connectivity index (χ0v) is 41.5. The summed E-state index contributed by atoms with van der Waals surface area (Å²) in [6.45, 7) is 10.3. The van der Waals surface area contributed by atoms with Crippen LogP contribution >= 0.6 is 0 Å². The van der Waals surface area contributed by atoms with Crippen LogP contribution in [0.3, 0.4) is 0 Å². The lowest BCUT2D eigenvalue weighted by Crippen LogP contribution is -2.55. The van der Waals surface area contributed by atoms with E-state index in [0.29, 0.717) is 61.6 Å². The van der Waals surface area contributed by atoms with Crippen LogP contribution in [-0.4, -0.2) is 104 Å². The highest BCUT2D eigenvalue weighted by atomic mass is 16.7. The third kappa shape index (κ3) is 11.3. The van der Waals surface area contributed by atoms with Gasteiger partial charge in [-0.3, -0.25) is 43.3 Å². The fraction of sp³-hybridized carbons (Fsp3) is 0.385. The van der Waals surface area contributed by atoms with Gasteiger partial charge in [0.25, 0.3) is 17.4 Å². The Labute approximate surface area is 428 Å². The number of rotatable bonds is 20. The molecule has 23 nitrogen and oxygen atoms in total. The van der Waals surface area contributed by atoms with Crippen LogP contribution in [0, 0.1) is 5.92 Å². The Morgan fingerprint density at radius 1 is 0.867 bits per heavy atom. The number of amides is 7. The van der Waals surface area contributed by atoms with Gasteiger partial charge in [0.05, 0.1) is 29.0 Å². The van der Waals surface area contributed by atoms with Crippen molar-refractivity contribution in [3.63, 3.8) is 0 Å².